The first-order valence-corrected chi connectivity index (χ1v) is 11.4. The van der Waals surface area contributed by atoms with Crippen LogP contribution in [0.5, 0.6) is 5.75 Å². The van der Waals surface area contributed by atoms with Crippen LogP contribution in [0.4, 0.5) is 5.69 Å². The third-order valence-corrected chi connectivity index (χ3v) is 6.36. The Morgan fingerprint density at radius 1 is 0.882 bits per heavy atom. The molecule has 0 aliphatic carbocycles. The van der Waals surface area contributed by atoms with E-state index in [-0.39, 0.29) is 29.9 Å². The summed E-state index contributed by atoms with van der Waals surface area (Å²) in [6.07, 6.45) is 0.940. The van der Waals surface area contributed by atoms with E-state index in [0.717, 1.165) is 11.1 Å². The predicted octanol–water partition coefficient (Wildman–Crippen LogP) is 3.65. The Kier molecular flexibility index (Phi) is 5.76. The molecule has 34 heavy (non-hydrogen) atoms. The number of carbonyl (C=O) groups is 3. The number of nitrogens with zero attached hydrogens (tertiary/aromatic N) is 2. The lowest BCUT2D eigenvalue weighted by molar-refractivity contribution is -0.121. The van der Waals surface area contributed by atoms with E-state index in [2.05, 4.69) is 5.32 Å². The van der Waals surface area contributed by atoms with Crippen LogP contribution < -0.4 is 10.2 Å². The standard InChI is InChI=1S/C27H25N3O4/c31-19-13-11-18(12-14-19)15-16-28-24(32)10-5-17-29-25-20-6-1-2-7-21(20)27(34)30(25)23-9-4-3-8-22(23)26(29)33/h1-4,6-9,11-14,25,31H,5,10,15-17H2,(H,28,32)/t25-/m0/s1. The zero-order valence-electron chi connectivity index (χ0n) is 18.6. The Labute approximate surface area is 197 Å². The zero-order valence-corrected chi connectivity index (χ0v) is 18.6. The molecule has 3 aromatic rings. The number of fused-ring (bicyclic) bond motifs is 5. The van der Waals surface area contributed by atoms with Crippen LogP contribution >= 0.6 is 0 Å². The van der Waals surface area contributed by atoms with E-state index in [4.69, 9.17) is 0 Å². The number of phenolic OH excluding ortho intramolecular Hbond substituents is 1. The second-order valence-electron chi connectivity index (χ2n) is 8.52. The number of nitrogens with one attached hydrogen (secondary N) is 1. The molecule has 0 bridgehead atoms. The van der Waals surface area contributed by atoms with Gasteiger partial charge in [0.2, 0.25) is 5.91 Å². The molecule has 3 aromatic carbocycles. The third kappa shape index (κ3) is 3.90. The summed E-state index contributed by atoms with van der Waals surface area (Å²) in [7, 11) is 0. The molecule has 2 N–H and O–H groups in total. The fraction of sp³-hybridized carbons (Fsp3) is 0.222. The molecule has 7 heteroatoms. The van der Waals surface area contributed by atoms with Crippen molar-refractivity contribution in [1.29, 1.82) is 0 Å². The SMILES string of the molecule is O=C(CCCN1C(=O)c2ccccc2N2C(=O)c3ccccc3[C@@H]12)NCCc1ccc(O)cc1. The Bertz CT molecular complexity index is 1250. The number of hydrogen-bond donors (Lipinski definition) is 2. The summed E-state index contributed by atoms with van der Waals surface area (Å²) in [6.45, 7) is 0.860. The fourth-order valence-corrected chi connectivity index (χ4v) is 4.71. The summed E-state index contributed by atoms with van der Waals surface area (Å²) in [5, 5.41) is 12.3. The molecule has 0 fully saturated rings. The fourth-order valence-electron chi connectivity index (χ4n) is 4.71. The molecule has 0 saturated carbocycles. The highest BCUT2D eigenvalue weighted by Gasteiger charge is 2.47. The van der Waals surface area contributed by atoms with Crippen LogP contribution in [-0.2, 0) is 11.2 Å². The first-order chi connectivity index (χ1) is 16.5. The van der Waals surface area contributed by atoms with Crippen molar-refractivity contribution in [3.05, 3.63) is 95.1 Å². The Morgan fingerprint density at radius 3 is 2.38 bits per heavy atom. The first kappa shape index (κ1) is 21.7. The van der Waals surface area contributed by atoms with Crippen LogP contribution in [0.25, 0.3) is 0 Å². The number of amides is 3. The summed E-state index contributed by atoms with van der Waals surface area (Å²) in [4.78, 5) is 42.3. The number of aromatic hydroxyl groups is 1. The minimum atomic E-state index is -0.497. The number of para-hydroxylation sites is 1. The minimum absolute atomic E-state index is 0.0802. The van der Waals surface area contributed by atoms with Crippen molar-refractivity contribution in [3.63, 3.8) is 0 Å². The van der Waals surface area contributed by atoms with Crippen LogP contribution in [0.2, 0.25) is 0 Å². The lowest BCUT2D eigenvalue weighted by Crippen LogP contribution is -2.48. The van der Waals surface area contributed by atoms with Gasteiger partial charge in [-0.1, -0.05) is 42.5 Å². The molecule has 172 valence electrons. The maximum atomic E-state index is 13.4. The highest BCUT2D eigenvalue weighted by atomic mass is 16.3. The van der Waals surface area contributed by atoms with Gasteiger partial charge in [0.05, 0.1) is 11.3 Å². The summed E-state index contributed by atoms with van der Waals surface area (Å²) >= 11 is 0. The maximum absolute atomic E-state index is 13.4. The van der Waals surface area contributed by atoms with Crippen LogP contribution in [-0.4, -0.2) is 40.8 Å². The van der Waals surface area contributed by atoms with E-state index in [1.54, 1.807) is 40.1 Å². The Balaban J connectivity index is 1.25. The Hall–Kier alpha value is -4.13. The highest BCUT2D eigenvalue weighted by Crippen LogP contribution is 2.45. The molecule has 0 aromatic heterocycles. The van der Waals surface area contributed by atoms with E-state index in [1.807, 2.05) is 42.5 Å². The van der Waals surface area contributed by atoms with Crippen molar-refractivity contribution in [1.82, 2.24) is 10.2 Å². The largest absolute Gasteiger partial charge is 0.508 e. The lowest BCUT2D eigenvalue weighted by Gasteiger charge is -2.41. The summed E-state index contributed by atoms with van der Waals surface area (Å²) in [5.74, 6) is -0.108. The van der Waals surface area contributed by atoms with Crippen LogP contribution in [0.1, 0.15) is 50.9 Å². The molecule has 2 aliphatic heterocycles. The smallest absolute Gasteiger partial charge is 0.260 e. The van der Waals surface area contributed by atoms with Gasteiger partial charge in [-0.25, -0.2) is 0 Å². The van der Waals surface area contributed by atoms with Crippen molar-refractivity contribution in [2.45, 2.75) is 25.4 Å². The van der Waals surface area contributed by atoms with E-state index >= 15 is 0 Å². The average Bonchev–Trinajstić information content (AvgIpc) is 3.15. The zero-order chi connectivity index (χ0) is 23.7. The number of rotatable bonds is 7. The molecule has 0 spiro atoms. The van der Waals surface area contributed by atoms with Gasteiger partial charge in [0, 0.05) is 30.6 Å². The molecule has 0 unspecified atom stereocenters. The second-order valence-corrected chi connectivity index (χ2v) is 8.52. The van der Waals surface area contributed by atoms with Gasteiger partial charge in [-0.2, -0.15) is 0 Å². The molecular weight excluding hydrogens is 430 g/mol. The van der Waals surface area contributed by atoms with Crippen LogP contribution in [0.3, 0.4) is 0 Å². The van der Waals surface area contributed by atoms with E-state index in [0.29, 0.717) is 42.7 Å². The van der Waals surface area contributed by atoms with Crippen molar-refractivity contribution in [2.75, 3.05) is 18.0 Å². The molecule has 7 nitrogen and oxygen atoms in total. The number of anilines is 1. The van der Waals surface area contributed by atoms with Gasteiger partial charge in [-0.15, -0.1) is 0 Å². The number of benzene rings is 3. The van der Waals surface area contributed by atoms with E-state index in [1.165, 1.54) is 0 Å². The number of carbonyl (C=O) groups excluding carboxylic acids is 3. The molecule has 3 amide bonds. The summed E-state index contributed by atoms with van der Waals surface area (Å²) in [5.41, 5.74) is 3.57. The number of hydrogen-bond acceptors (Lipinski definition) is 4. The van der Waals surface area contributed by atoms with Gasteiger partial charge in [0.15, 0.2) is 0 Å². The average molecular weight is 456 g/mol. The highest BCUT2D eigenvalue weighted by molar-refractivity contribution is 6.16. The third-order valence-electron chi connectivity index (χ3n) is 6.36. The van der Waals surface area contributed by atoms with Gasteiger partial charge in [-0.05, 0) is 48.7 Å². The molecule has 1 atom stereocenters. The van der Waals surface area contributed by atoms with Crippen LogP contribution in [0, 0.1) is 0 Å². The lowest BCUT2D eigenvalue weighted by atomic mass is 10.0. The maximum Gasteiger partial charge on any atom is 0.260 e. The summed E-state index contributed by atoms with van der Waals surface area (Å²) < 4.78 is 0. The quantitative estimate of drug-likeness (QED) is 0.569. The normalized spacial score (nSPS) is 16.2. The van der Waals surface area contributed by atoms with Crippen molar-refractivity contribution < 1.29 is 19.5 Å². The van der Waals surface area contributed by atoms with E-state index in [9.17, 15) is 19.5 Å². The second kappa shape index (κ2) is 9.02. The van der Waals surface area contributed by atoms with Crippen molar-refractivity contribution in [3.8, 4) is 5.75 Å². The van der Waals surface area contributed by atoms with Gasteiger partial charge in [-0.3, -0.25) is 19.3 Å². The molecule has 2 heterocycles. The van der Waals surface area contributed by atoms with Crippen molar-refractivity contribution in [2.24, 2.45) is 0 Å². The number of phenols is 1. The monoisotopic (exact) mass is 455 g/mol. The molecule has 0 radical (unpaired) electrons. The van der Waals surface area contributed by atoms with Gasteiger partial charge < -0.3 is 15.3 Å². The van der Waals surface area contributed by atoms with Gasteiger partial charge >= 0.3 is 0 Å². The molecular formula is C27H25N3O4. The predicted molar refractivity (Wildman–Crippen MR) is 128 cm³/mol. The van der Waals surface area contributed by atoms with Crippen molar-refractivity contribution >= 4 is 23.4 Å². The van der Waals surface area contributed by atoms with Crippen LogP contribution in [0.15, 0.2) is 72.8 Å². The van der Waals surface area contributed by atoms with E-state index < -0.39 is 6.17 Å². The Morgan fingerprint density at radius 2 is 1.59 bits per heavy atom. The van der Waals surface area contributed by atoms with Gasteiger partial charge in [0.25, 0.3) is 11.8 Å². The molecule has 5 rings (SSSR count). The first-order valence-electron chi connectivity index (χ1n) is 11.4. The van der Waals surface area contributed by atoms with Gasteiger partial charge in [0.1, 0.15) is 11.9 Å². The molecule has 2 aliphatic rings. The topological polar surface area (TPSA) is 90.0 Å². The molecule has 0 saturated heterocycles. The summed E-state index contributed by atoms with van der Waals surface area (Å²) in [6, 6.07) is 21.5. The minimum Gasteiger partial charge on any atom is -0.508 e.